The first kappa shape index (κ1) is 17.2. The summed E-state index contributed by atoms with van der Waals surface area (Å²) in [6.45, 7) is 1.24. The van der Waals surface area contributed by atoms with Crippen LogP contribution in [0.4, 0.5) is 5.13 Å². The van der Waals surface area contributed by atoms with Crippen molar-refractivity contribution in [2.24, 2.45) is 5.92 Å². The molecule has 0 saturated heterocycles. The molecule has 1 aliphatic carbocycles. The van der Waals surface area contributed by atoms with Crippen LogP contribution in [0, 0.1) is 5.92 Å². The van der Waals surface area contributed by atoms with Crippen LogP contribution in [0.25, 0.3) is 0 Å². The van der Waals surface area contributed by atoms with Crippen LogP contribution >= 0.6 is 11.3 Å². The van der Waals surface area contributed by atoms with Crippen molar-refractivity contribution in [1.29, 1.82) is 0 Å². The van der Waals surface area contributed by atoms with Crippen molar-refractivity contribution in [2.45, 2.75) is 45.1 Å². The Morgan fingerprint density at radius 3 is 2.65 bits per heavy atom. The summed E-state index contributed by atoms with van der Waals surface area (Å²) >= 11 is 1.51. The molecule has 0 unspecified atom stereocenters. The number of hydrogen-bond acceptors (Lipinski definition) is 4. The molecular weight excluding hydrogens is 346 g/mol. The second-order valence-corrected chi connectivity index (χ2v) is 8.14. The minimum atomic E-state index is 0.0532. The summed E-state index contributed by atoms with van der Waals surface area (Å²) in [5.41, 5.74) is 1.73. The number of anilines is 1. The number of rotatable bonds is 3. The van der Waals surface area contributed by atoms with Crippen LogP contribution in [-0.2, 0) is 17.8 Å². The van der Waals surface area contributed by atoms with E-state index >= 15 is 0 Å². The molecule has 26 heavy (non-hydrogen) atoms. The van der Waals surface area contributed by atoms with E-state index in [0.29, 0.717) is 23.8 Å². The van der Waals surface area contributed by atoms with E-state index in [4.69, 9.17) is 0 Å². The van der Waals surface area contributed by atoms with Gasteiger partial charge >= 0.3 is 0 Å². The van der Waals surface area contributed by atoms with Gasteiger partial charge in [0, 0.05) is 29.3 Å². The maximum atomic E-state index is 12.6. The Kier molecular flexibility index (Phi) is 5.02. The van der Waals surface area contributed by atoms with Crippen LogP contribution in [0.3, 0.4) is 0 Å². The lowest BCUT2D eigenvalue weighted by molar-refractivity contribution is -0.120. The molecule has 1 saturated carbocycles. The lowest BCUT2D eigenvalue weighted by Crippen LogP contribution is -2.35. The van der Waals surface area contributed by atoms with Crippen molar-refractivity contribution in [2.75, 3.05) is 11.9 Å². The minimum Gasteiger partial charge on any atom is -0.333 e. The van der Waals surface area contributed by atoms with Crippen molar-refractivity contribution in [1.82, 2.24) is 9.88 Å². The van der Waals surface area contributed by atoms with Crippen molar-refractivity contribution >= 4 is 28.3 Å². The highest BCUT2D eigenvalue weighted by atomic mass is 32.1. The van der Waals surface area contributed by atoms with Crippen molar-refractivity contribution < 1.29 is 9.59 Å². The molecule has 1 aromatic heterocycles. The van der Waals surface area contributed by atoms with Gasteiger partial charge in [-0.15, -0.1) is 0 Å². The summed E-state index contributed by atoms with van der Waals surface area (Å²) in [6.07, 6.45) is 6.23. The molecule has 136 valence electrons. The van der Waals surface area contributed by atoms with Gasteiger partial charge in [-0.2, -0.15) is 0 Å². The number of thiazole rings is 1. The second-order valence-electron chi connectivity index (χ2n) is 7.06. The summed E-state index contributed by atoms with van der Waals surface area (Å²) in [5.74, 6) is 0.284. The topological polar surface area (TPSA) is 62.3 Å². The van der Waals surface area contributed by atoms with Gasteiger partial charge in [0.15, 0.2) is 5.13 Å². The number of carbonyl (C=O) groups is 2. The van der Waals surface area contributed by atoms with Gasteiger partial charge in [-0.1, -0.05) is 48.8 Å². The SMILES string of the molecule is O=C(Nc1nc2c(s1)CN(C(=O)c1ccccc1)CC2)C1CCCCC1. The van der Waals surface area contributed by atoms with E-state index in [2.05, 4.69) is 10.3 Å². The van der Waals surface area contributed by atoms with Gasteiger partial charge in [0.05, 0.1) is 12.2 Å². The Hall–Kier alpha value is -2.21. The summed E-state index contributed by atoms with van der Waals surface area (Å²) in [6, 6.07) is 9.37. The zero-order valence-electron chi connectivity index (χ0n) is 14.7. The quantitative estimate of drug-likeness (QED) is 0.894. The zero-order valence-corrected chi connectivity index (χ0v) is 15.6. The number of nitrogens with zero attached hydrogens (tertiary/aromatic N) is 2. The Morgan fingerprint density at radius 2 is 1.88 bits per heavy atom. The molecule has 4 rings (SSSR count). The van der Waals surface area contributed by atoms with Crippen molar-refractivity contribution in [3.05, 3.63) is 46.5 Å². The number of hydrogen-bond donors (Lipinski definition) is 1. The van der Waals surface area contributed by atoms with E-state index in [-0.39, 0.29) is 17.7 Å². The third kappa shape index (κ3) is 3.65. The van der Waals surface area contributed by atoms with E-state index in [0.717, 1.165) is 42.7 Å². The predicted molar refractivity (Wildman–Crippen MR) is 102 cm³/mol. The summed E-state index contributed by atoms with van der Waals surface area (Å²) < 4.78 is 0. The molecule has 5 nitrogen and oxygen atoms in total. The van der Waals surface area contributed by atoms with Crippen LogP contribution in [0.15, 0.2) is 30.3 Å². The fourth-order valence-electron chi connectivity index (χ4n) is 3.76. The fraction of sp³-hybridized carbons (Fsp3) is 0.450. The lowest BCUT2D eigenvalue weighted by atomic mass is 9.89. The molecule has 2 aromatic rings. The maximum Gasteiger partial charge on any atom is 0.254 e. The molecule has 2 aliphatic rings. The maximum absolute atomic E-state index is 12.6. The van der Waals surface area contributed by atoms with Crippen molar-refractivity contribution in [3.63, 3.8) is 0 Å². The number of amides is 2. The highest BCUT2D eigenvalue weighted by Crippen LogP contribution is 2.30. The number of aromatic nitrogens is 1. The molecule has 0 atom stereocenters. The smallest absolute Gasteiger partial charge is 0.254 e. The third-order valence-electron chi connectivity index (χ3n) is 5.25. The summed E-state index contributed by atoms with van der Waals surface area (Å²) in [7, 11) is 0. The molecule has 0 radical (unpaired) electrons. The van der Waals surface area contributed by atoms with Gasteiger partial charge < -0.3 is 10.2 Å². The molecule has 1 aliphatic heterocycles. The molecule has 1 N–H and O–H groups in total. The van der Waals surface area contributed by atoms with Gasteiger partial charge in [-0.3, -0.25) is 9.59 Å². The van der Waals surface area contributed by atoms with Crippen LogP contribution < -0.4 is 5.32 Å². The largest absolute Gasteiger partial charge is 0.333 e. The normalized spacial score (nSPS) is 17.6. The highest BCUT2D eigenvalue weighted by Gasteiger charge is 2.26. The molecule has 1 fully saturated rings. The van der Waals surface area contributed by atoms with Gasteiger partial charge in [0.25, 0.3) is 5.91 Å². The average molecular weight is 369 g/mol. The molecule has 2 amide bonds. The summed E-state index contributed by atoms with van der Waals surface area (Å²) in [4.78, 5) is 32.6. The first-order valence-electron chi connectivity index (χ1n) is 9.34. The zero-order chi connectivity index (χ0) is 17.9. The van der Waals surface area contributed by atoms with Gasteiger partial charge in [0.2, 0.25) is 5.91 Å². The van der Waals surface area contributed by atoms with Crippen LogP contribution in [-0.4, -0.2) is 28.2 Å². The van der Waals surface area contributed by atoms with E-state index in [1.54, 1.807) is 0 Å². The van der Waals surface area contributed by atoms with E-state index in [1.165, 1.54) is 17.8 Å². The lowest BCUT2D eigenvalue weighted by Gasteiger charge is -2.26. The second kappa shape index (κ2) is 7.58. The first-order valence-corrected chi connectivity index (χ1v) is 10.2. The van der Waals surface area contributed by atoms with Crippen molar-refractivity contribution in [3.8, 4) is 0 Å². The van der Waals surface area contributed by atoms with Gasteiger partial charge in [0.1, 0.15) is 0 Å². The molecular formula is C20H23N3O2S. The molecule has 0 spiro atoms. The first-order chi connectivity index (χ1) is 12.7. The number of fused-ring (bicyclic) bond motifs is 1. The van der Waals surface area contributed by atoms with Gasteiger partial charge in [-0.05, 0) is 25.0 Å². The highest BCUT2D eigenvalue weighted by molar-refractivity contribution is 7.15. The standard InChI is InChI=1S/C20H23N3O2S/c24-18(14-7-3-1-4-8-14)22-20-21-16-11-12-23(13-17(16)26-20)19(25)15-9-5-2-6-10-15/h2,5-6,9-10,14H,1,3-4,7-8,11-13H2,(H,21,22,24). The average Bonchev–Trinajstić information content (AvgIpc) is 3.10. The monoisotopic (exact) mass is 369 g/mol. The Balaban J connectivity index is 1.42. The number of nitrogens with one attached hydrogen (secondary N) is 1. The van der Waals surface area contributed by atoms with E-state index < -0.39 is 0 Å². The molecule has 6 heteroatoms. The Morgan fingerprint density at radius 1 is 1.12 bits per heavy atom. The Bertz CT molecular complexity index is 797. The van der Waals surface area contributed by atoms with E-state index in [1.807, 2.05) is 35.2 Å². The van der Waals surface area contributed by atoms with Crippen LogP contribution in [0.1, 0.15) is 53.0 Å². The van der Waals surface area contributed by atoms with Crippen LogP contribution in [0.5, 0.6) is 0 Å². The number of carbonyl (C=O) groups excluding carboxylic acids is 2. The summed E-state index contributed by atoms with van der Waals surface area (Å²) in [5, 5.41) is 3.69. The third-order valence-corrected chi connectivity index (χ3v) is 6.24. The van der Waals surface area contributed by atoms with E-state index in [9.17, 15) is 9.59 Å². The number of benzene rings is 1. The van der Waals surface area contributed by atoms with Crippen LogP contribution in [0.2, 0.25) is 0 Å². The predicted octanol–water partition coefficient (Wildman–Crippen LogP) is 3.86. The van der Waals surface area contributed by atoms with Gasteiger partial charge in [-0.25, -0.2) is 4.98 Å². The molecule has 0 bridgehead atoms. The minimum absolute atomic E-state index is 0.0532. The Labute approximate surface area is 157 Å². The molecule has 1 aromatic carbocycles. The molecule has 2 heterocycles. The fourth-order valence-corrected chi connectivity index (χ4v) is 4.78.